The van der Waals surface area contributed by atoms with Crippen molar-refractivity contribution in [3.63, 3.8) is 0 Å². The van der Waals surface area contributed by atoms with Crippen LogP contribution in [0.2, 0.25) is 0 Å². The smallest absolute Gasteiger partial charge is 0.00438 e. The van der Waals surface area contributed by atoms with Crippen LogP contribution in [-0.4, -0.2) is 13.1 Å². The minimum Gasteiger partial charge on any atom is -0.317 e. The Morgan fingerprint density at radius 1 is 0.647 bits per heavy atom. The largest absolute Gasteiger partial charge is 0.317 e. The topological polar surface area (TPSA) is 12.0 Å². The summed E-state index contributed by atoms with van der Waals surface area (Å²) in [6, 6.07) is 0. The molecule has 0 aromatic rings. The SMILES string of the molecule is CCCC(C)(C)CCNCCC(C)(C)CCC. The summed E-state index contributed by atoms with van der Waals surface area (Å²) in [5.74, 6) is 0. The highest BCUT2D eigenvalue weighted by molar-refractivity contribution is 4.71. The van der Waals surface area contributed by atoms with E-state index in [1.807, 2.05) is 0 Å². The molecule has 0 saturated heterocycles. The summed E-state index contributed by atoms with van der Waals surface area (Å²) in [6.45, 7) is 16.5. The van der Waals surface area contributed by atoms with E-state index >= 15 is 0 Å². The minimum atomic E-state index is 0.515. The summed E-state index contributed by atoms with van der Waals surface area (Å²) in [5, 5.41) is 3.61. The molecule has 0 heterocycles. The quantitative estimate of drug-likeness (QED) is 0.530. The highest BCUT2D eigenvalue weighted by atomic mass is 14.8. The molecule has 0 amide bonds. The van der Waals surface area contributed by atoms with Crippen molar-refractivity contribution in [1.82, 2.24) is 5.32 Å². The van der Waals surface area contributed by atoms with Crippen molar-refractivity contribution in [2.75, 3.05) is 13.1 Å². The average molecular weight is 241 g/mol. The van der Waals surface area contributed by atoms with Gasteiger partial charge in [0.15, 0.2) is 0 Å². The Morgan fingerprint density at radius 3 is 1.29 bits per heavy atom. The second kappa shape index (κ2) is 8.13. The third kappa shape index (κ3) is 9.64. The first-order chi connectivity index (χ1) is 7.83. The zero-order chi connectivity index (χ0) is 13.4. The van der Waals surface area contributed by atoms with E-state index in [0.717, 1.165) is 0 Å². The fourth-order valence-corrected chi connectivity index (χ4v) is 2.58. The molecule has 104 valence electrons. The van der Waals surface area contributed by atoms with Gasteiger partial charge in [-0.05, 0) is 49.6 Å². The highest BCUT2D eigenvalue weighted by Gasteiger charge is 2.17. The van der Waals surface area contributed by atoms with Gasteiger partial charge in [-0.3, -0.25) is 0 Å². The van der Waals surface area contributed by atoms with Gasteiger partial charge in [0, 0.05) is 0 Å². The van der Waals surface area contributed by atoms with Crippen molar-refractivity contribution in [1.29, 1.82) is 0 Å². The van der Waals surface area contributed by atoms with Crippen LogP contribution in [0.3, 0.4) is 0 Å². The van der Waals surface area contributed by atoms with Crippen LogP contribution in [0.5, 0.6) is 0 Å². The van der Waals surface area contributed by atoms with E-state index in [0.29, 0.717) is 10.8 Å². The fraction of sp³-hybridized carbons (Fsp3) is 1.00. The third-order valence-corrected chi connectivity index (χ3v) is 3.81. The van der Waals surface area contributed by atoms with Gasteiger partial charge in [-0.25, -0.2) is 0 Å². The van der Waals surface area contributed by atoms with Crippen molar-refractivity contribution in [3.8, 4) is 0 Å². The zero-order valence-corrected chi connectivity index (χ0v) is 13.2. The van der Waals surface area contributed by atoms with Gasteiger partial charge in [-0.15, -0.1) is 0 Å². The molecule has 0 aliphatic heterocycles. The molecule has 0 fully saturated rings. The molecule has 1 N–H and O–H groups in total. The monoisotopic (exact) mass is 241 g/mol. The molecule has 0 radical (unpaired) electrons. The van der Waals surface area contributed by atoms with Gasteiger partial charge in [0.05, 0.1) is 0 Å². The van der Waals surface area contributed by atoms with Gasteiger partial charge >= 0.3 is 0 Å². The Balaban J connectivity index is 3.58. The number of hydrogen-bond donors (Lipinski definition) is 1. The van der Waals surface area contributed by atoms with E-state index in [4.69, 9.17) is 0 Å². The van der Waals surface area contributed by atoms with E-state index < -0.39 is 0 Å². The molecule has 0 spiro atoms. The van der Waals surface area contributed by atoms with Crippen molar-refractivity contribution in [2.24, 2.45) is 10.8 Å². The maximum Gasteiger partial charge on any atom is -0.00438 e. The van der Waals surface area contributed by atoms with E-state index in [9.17, 15) is 0 Å². The molecular weight excluding hydrogens is 206 g/mol. The van der Waals surface area contributed by atoms with Crippen LogP contribution in [0.1, 0.15) is 80.1 Å². The van der Waals surface area contributed by atoms with E-state index in [2.05, 4.69) is 46.9 Å². The highest BCUT2D eigenvalue weighted by Crippen LogP contribution is 2.27. The van der Waals surface area contributed by atoms with Crippen LogP contribution >= 0.6 is 0 Å². The summed E-state index contributed by atoms with van der Waals surface area (Å²) in [6.07, 6.45) is 7.89. The first-order valence-electron chi connectivity index (χ1n) is 7.54. The fourth-order valence-electron chi connectivity index (χ4n) is 2.58. The second-order valence-corrected chi connectivity index (χ2v) is 7.08. The van der Waals surface area contributed by atoms with E-state index in [1.54, 1.807) is 0 Å². The summed E-state index contributed by atoms with van der Waals surface area (Å²) >= 11 is 0. The van der Waals surface area contributed by atoms with Crippen molar-refractivity contribution < 1.29 is 0 Å². The molecule has 0 unspecified atom stereocenters. The van der Waals surface area contributed by atoms with Gasteiger partial charge in [0.1, 0.15) is 0 Å². The third-order valence-electron chi connectivity index (χ3n) is 3.81. The molecule has 0 atom stereocenters. The van der Waals surface area contributed by atoms with Crippen LogP contribution in [0.25, 0.3) is 0 Å². The lowest BCUT2D eigenvalue weighted by atomic mass is 9.84. The molecule has 0 bridgehead atoms. The summed E-state index contributed by atoms with van der Waals surface area (Å²) in [7, 11) is 0. The Morgan fingerprint density at radius 2 is 1.00 bits per heavy atom. The summed E-state index contributed by atoms with van der Waals surface area (Å²) in [5.41, 5.74) is 1.03. The van der Waals surface area contributed by atoms with Gasteiger partial charge in [-0.1, -0.05) is 54.4 Å². The van der Waals surface area contributed by atoms with Gasteiger partial charge < -0.3 is 5.32 Å². The molecule has 0 saturated carbocycles. The molecule has 0 aromatic carbocycles. The van der Waals surface area contributed by atoms with Crippen LogP contribution in [-0.2, 0) is 0 Å². The molecule has 1 heteroatoms. The number of rotatable bonds is 10. The predicted octanol–water partition coefficient (Wildman–Crippen LogP) is 5.01. The van der Waals surface area contributed by atoms with Crippen molar-refractivity contribution in [2.45, 2.75) is 80.1 Å². The lowest BCUT2D eigenvalue weighted by Crippen LogP contribution is -2.26. The Labute approximate surface area is 110 Å². The number of nitrogens with one attached hydrogen (secondary N) is 1. The molecule has 0 aliphatic carbocycles. The van der Waals surface area contributed by atoms with E-state index in [1.165, 1.54) is 51.6 Å². The molecule has 0 rings (SSSR count). The lowest BCUT2D eigenvalue weighted by Gasteiger charge is -2.26. The van der Waals surface area contributed by atoms with Crippen LogP contribution in [0, 0.1) is 10.8 Å². The van der Waals surface area contributed by atoms with Gasteiger partial charge in [0.25, 0.3) is 0 Å². The van der Waals surface area contributed by atoms with Crippen molar-refractivity contribution in [3.05, 3.63) is 0 Å². The normalized spacial score (nSPS) is 13.1. The first-order valence-corrected chi connectivity index (χ1v) is 7.54. The standard InChI is InChI=1S/C16H35N/c1-7-9-15(3,4)11-13-17-14-12-16(5,6)10-8-2/h17H,7-14H2,1-6H3. The Kier molecular flexibility index (Phi) is 8.11. The molecule has 17 heavy (non-hydrogen) atoms. The van der Waals surface area contributed by atoms with Crippen LogP contribution < -0.4 is 5.32 Å². The summed E-state index contributed by atoms with van der Waals surface area (Å²) in [4.78, 5) is 0. The molecule has 0 aliphatic rings. The van der Waals surface area contributed by atoms with Crippen LogP contribution in [0.4, 0.5) is 0 Å². The van der Waals surface area contributed by atoms with Crippen LogP contribution in [0.15, 0.2) is 0 Å². The molecule has 0 aromatic heterocycles. The van der Waals surface area contributed by atoms with E-state index in [-0.39, 0.29) is 0 Å². The lowest BCUT2D eigenvalue weighted by molar-refractivity contribution is 0.278. The average Bonchev–Trinajstić information content (AvgIpc) is 2.16. The molecule has 1 nitrogen and oxygen atoms in total. The maximum absolute atomic E-state index is 3.61. The zero-order valence-electron chi connectivity index (χ0n) is 13.2. The van der Waals surface area contributed by atoms with Gasteiger partial charge in [-0.2, -0.15) is 0 Å². The maximum atomic E-state index is 3.61. The van der Waals surface area contributed by atoms with Gasteiger partial charge in [0.2, 0.25) is 0 Å². The Hall–Kier alpha value is -0.0400. The summed E-state index contributed by atoms with van der Waals surface area (Å²) < 4.78 is 0. The predicted molar refractivity (Wildman–Crippen MR) is 79.5 cm³/mol. The minimum absolute atomic E-state index is 0.515. The molecular formula is C16H35N. The first kappa shape index (κ1) is 17.0. The second-order valence-electron chi connectivity index (χ2n) is 7.08. The Bertz CT molecular complexity index is 162. The van der Waals surface area contributed by atoms with Crippen molar-refractivity contribution >= 4 is 0 Å². The number of hydrogen-bond acceptors (Lipinski definition) is 1.